The molecule has 8 heteroatoms. The molecule has 2 heterocycles. The maximum Gasteiger partial charge on any atom is 0.268 e. The number of hydrazine groups is 1. The summed E-state index contributed by atoms with van der Waals surface area (Å²) in [5.41, 5.74) is 2.09. The van der Waals surface area contributed by atoms with E-state index in [0.717, 1.165) is 0 Å². The smallest absolute Gasteiger partial charge is 0.268 e. The van der Waals surface area contributed by atoms with Crippen molar-refractivity contribution < 1.29 is 9.21 Å². The molecule has 2 rings (SSSR count). The Hall–Kier alpha value is -1.93. The van der Waals surface area contributed by atoms with Gasteiger partial charge >= 0.3 is 0 Å². The third-order valence-electron chi connectivity index (χ3n) is 2.57. The van der Waals surface area contributed by atoms with Gasteiger partial charge in [0, 0.05) is 6.20 Å². The Balaban J connectivity index is 2.32. The molecular formula is C11H11BrN4O3. The van der Waals surface area contributed by atoms with Crippen LogP contribution in [0.4, 0.5) is 0 Å². The monoisotopic (exact) mass is 326 g/mol. The molecule has 0 saturated carbocycles. The summed E-state index contributed by atoms with van der Waals surface area (Å²) in [4.78, 5) is 27.3. The lowest BCUT2D eigenvalue weighted by Gasteiger charge is -2.06. The second-order valence-electron chi connectivity index (χ2n) is 3.82. The van der Waals surface area contributed by atoms with E-state index in [2.05, 4.69) is 20.9 Å². The summed E-state index contributed by atoms with van der Waals surface area (Å²) in [6.45, 7) is 1.90. The van der Waals surface area contributed by atoms with Gasteiger partial charge in [-0.25, -0.2) is 10.8 Å². The fraction of sp³-hybridized carbons (Fsp3) is 0.182. The third-order valence-corrected chi connectivity index (χ3v) is 3.11. The van der Waals surface area contributed by atoms with Crippen LogP contribution in [0, 0.1) is 6.92 Å². The van der Waals surface area contributed by atoms with Crippen molar-refractivity contribution >= 4 is 21.8 Å². The average Bonchev–Trinajstić information content (AvgIpc) is 2.87. The normalized spacial score (nSPS) is 10.5. The lowest BCUT2D eigenvalue weighted by molar-refractivity contribution is 0.0953. The molecule has 0 bridgehead atoms. The van der Waals surface area contributed by atoms with E-state index in [-0.39, 0.29) is 12.1 Å². The first-order valence-electron chi connectivity index (χ1n) is 5.33. The molecule has 0 aliphatic carbocycles. The van der Waals surface area contributed by atoms with Crippen LogP contribution >= 0.6 is 15.9 Å². The van der Waals surface area contributed by atoms with E-state index in [4.69, 9.17) is 10.3 Å². The van der Waals surface area contributed by atoms with Crippen molar-refractivity contribution in [1.82, 2.24) is 15.0 Å². The Bertz CT molecular complexity index is 677. The van der Waals surface area contributed by atoms with E-state index in [1.807, 2.05) is 5.43 Å². The largest absolute Gasteiger partial charge is 0.467 e. The highest BCUT2D eigenvalue weighted by Crippen LogP contribution is 2.10. The van der Waals surface area contributed by atoms with Crippen LogP contribution in [0.15, 0.2) is 32.2 Å². The first-order chi connectivity index (χ1) is 9.02. The maximum atomic E-state index is 11.9. The van der Waals surface area contributed by atoms with Gasteiger partial charge in [-0.05, 0) is 28.9 Å². The van der Waals surface area contributed by atoms with E-state index in [0.29, 0.717) is 21.6 Å². The molecule has 0 atom stereocenters. The molecule has 0 spiro atoms. The molecule has 2 aromatic heterocycles. The van der Waals surface area contributed by atoms with Crippen molar-refractivity contribution in [2.24, 2.45) is 5.84 Å². The Morgan fingerprint density at radius 2 is 2.37 bits per heavy atom. The van der Waals surface area contributed by atoms with E-state index in [1.54, 1.807) is 6.92 Å². The number of nitrogens with zero attached hydrogens (tertiary/aromatic N) is 2. The fourth-order valence-electron chi connectivity index (χ4n) is 1.56. The van der Waals surface area contributed by atoms with E-state index in [1.165, 1.54) is 23.1 Å². The lowest BCUT2D eigenvalue weighted by atomic mass is 10.3. The highest BCUT2D eigenvalue weighted by atomic mass is 79.9. The number of aryl methyl sites for hydroxylation is 1. The highest BCUT2D eigenvalue weighted by molar-refractivity contribution is 9.10. The van der Waals surface area contributed by atoms with Gasteiger partial charge in [-0.15, -0.1) is 0 Å². The number of furan rings is 1. The van der Waals surface area contributed by atoms with Crippen molar-refractivity contribution in [3.63, 3.8) is 0 Å². The maximum absolute atomic E-state index is 11.9. The number of hydrogen-bond donors (Lipinski definition) is 2. The minimum absolute atomic E-state index is 0.189. The first-order valence-corrected chi connectivity index (χ1v) is 6.12. The van der Waals surface area contributed by atoms with E-state index < -0.39 is 5.91 Å². The van der Waals surface area contributed by atoms with Crippen LogP contribution in [0.25, 0.3) is 0 Å². The average molecular weight is 327 g/mol. The standard InChI is InChI=1S/C11H11BrN4O3/c1-6-14-3-9(12)11(18)16(6)4-8-2-7(5-19-8)10(17)15-13/h2-3,5H,4,13H2,1H3,(H,15,17). The van der Waals surface area contributed by atoms with Crippen LogP contribution in [0.1, 0.15) is 21.9 Å². The van der Waals surface area contributed by atoms with Gasteiger partial charge in [0.2, 0.25) is 0 Å². The Morgan fingerprint density at radius 3 is 3.05 bits per heavy atom. The number of aromatic nitrogens is 2. The highest BCUT2D eigenvalue weighted by Gasteiger charge is 2.12. The summed E-state index contributed by atoms with van der Waals surface area (Å²) in [7, 11) is 0. The lowest BCUT2D eigenvalue weighted by Crippen LogP contribution is -2.29. The second-order valence-corrected chi connectivity index (χ2v) is 4.67. The van der Waals surface area contributed by atoms with Crippen LogP contribution in [-0.4, -0.2) is 15.5 Å². The number of nitrogen functional groups attached to an aromatic ring is 1. The first kappa shape index (κ1) is 13.5. The van der Waals surface area contributed by atoms with Crippen molar-refractivity contribution in [1.29, 1.82) is 0 Å². The van der Waals surface area contributed by atoms with Gasteiger partial charge in [0.05, 0.1) is 12.1 Å². The SMILES string of the molecule is Cc1ncc(Br)c(=O)n1Cc1cc(C(=O)NN)co1. The van der Waals surface area contributed by atoms with Gasteiger partial charge < -0.3 is 4.42 Å². The van der Waals surface area contributed by atoms with Gasteiger partial charge in [-0.1, -0.05) is 0 Å². The molecule has 7 nitrogen and oxygen atoms in total. The number of halogens is 1. The zero-order valence-corrected chi connectivity index (χ0v) is 11.6. The predicted octanol–water partition coefficient (Wildman–Crippen LogP) is 0.559. The second kappa shape index (κ2) is 5.37. The van der Waals surface area contributed by atoms with Crippen LogP contribution < -0.4 is 16.8 Å². The summed E-state index contributed by atoms with van der Waals surface area (Å²) in [5, 5.41) is 0. The molecule has 0 unspecified atom stereocenters. The van der Waals surface area contributed by atoms with Crippen LogP contribution in [-0.2, 0) is 6.54 Å². The number of rotatable bonds is 3. The topological polar surface area (TPSA) is 103 Å². The summed E-state index contributed by atoms with van der Waals surface area (Å²) >= 11 is 3.13. The summed E-state index contributed by atoms with van der Waals surface area (Å²) in [6, 6.07) is 1.52. The fourth-order valence-corrected chi connectivity index (χ4v) is 1.88. The number of amides is 1. The number of hydrogen-bond acceptors (Lipinski definition) is 5. The summed E-state index contributed by atoms with van der Waals surface area (Å²) < 4.78 is 7.03. The van der Waals surface area contributed by atoms with Crippen LogP contribution in [0.3, 0.4) is 0 Å². The number of nitrogens with one attached hydrogen (secondary N) is 1. The Morgan fingerprint density at radius 1 is 1.63 bits per heavy atom. The van der Waals surface area contributed by atoms with Crippen molar-refractivity contribution in [3.05, 3.63) is 50.5 Å². The van der Waals surface area contributed by atoms with Gasteiger partial charge in [0.1, 0.15) is 22.3 Å². The minimum Gasteiger partial charge on any atom is -0.467 e. The Kier molecular flexibility index (Phi) is 3.82. The zero-order valence-electron chi connectivity index (χ0n) is 10.0. The molecule has 3 N–H and O–H groups in total. The molecule has 1 amide bonds. The van der Waals surface area contributed by atoms with Crippen molar-refractivity contribution in [2.45, 2.75) is 13.5 Å². The van der Waals surface area contributed by atoms with Gasteiger partial charge in [0.25, 0.3) is 11.5 Å². The quantitative estimate of drug-likeness (QED) is 0.487. The van der Waals surface area contributed by atoms with Gasteiger partial charge in [0.15, 0.2) is 0 Å². The van der Waals surface area contributed by atoms with Crippen LogP contribution in [0.5, 0.6) is 0 Å². The molecule has 0 aliphatic heterocycles. The van der Waals surface area contributed by atoms with Crippen LogP contribution in [0.2, 0.25) is 0 Å². The summed E-state index contributed by atoms with van der Waals surface area (Å²) in [5.74, 6) is 5.58. The Labute approximate surface area is 116 Å². The number of carbonyl (C=O) groups is 1. The molecular weight excluding hydrogens is 316 g/mol. The molecule has 19 heavy (non-hydrogen) atoms. The summed E-state index contributed by atoms with van der Waals surface area (Å²) in [6.07, 6.45) is 2.73. The molecule has 0 saturated heterocycles. The molecule has 0 aliphatic rings. The minimum atomic E-state index is -0.452. The molecule has 100 valence electrons. The van der Waals surface area contributed by atoms with Gasteiger partial charge in [-0.2, -0.15) is 0 Å². The van der Waals surface area contributed by atoms with Crippen molar-refractivity contribution in [2.75, 3.05) is 0 Å². The molecule has 0 radical (unpaired) electrons. The predicted molar refractivity (Wildman–Crippen MR) is 70.4 cm³/mol. The number of nitrogens with two attached hydrogens (primary N) is 1. The third kappa shape index (κ3) is 2.74. The zero-order chi connectivity index (χ0) is 14.0. The van der Waals surface area contributed by atoms with Crippen molar-refractivity contribution in [3.8, 4) is 0 Å². The molecule has 0 fully saturated rings. The van der Waals surface area contributed by atoms with E-state index in [9.17, 15) is 9.59 Å². The molecule has 2 aromatic rings. The molecule has 0 aromatic carbocycles. The van der Waals surface area contributed by atoms with Gasteiger partial charge in [-0.3, -0.25) is 19.6 Å². The van der Waals surface area contributed by atoms with E-state index >= 15 is 0 Å². The number of carbonyl (C=O) groups excluding carboxylic acids is 1.